The van der Waals surface area contributed by atoms with Gasteiger partial charge in [-0.1, -0.05) is 27.7 Å². The predicted molar refractivity (Wildman–Crippen MR) is 117 cm³/mol. The van der Waals surface area contributed by atoms with Crippen LogP contribution in [-0.4, -0.2) is 60.3 Å². The van der Waals surface area contributed by atoms with Crippen LogP contribution in [0.5, 0.6) is 0 Å². The quantitative estimate of drug-likeness (QED) is 0.622. The van der Waals surface area contributed by atoms with Crippen LogP contribution in [-0.2, 0) is 4.74 Å². The number of methoxy groups -OCH3 is 1. The molecule has 3 heteroatoms. The highest BCUT2D eigenvalue weighted by atomic mass is 16.5. The molecule has 0 radical (unpaired) electrons. The lowest BCUT2D eigenvalue weighted by Gasteiger charge is -2.40. The van der Waals surface area contributed by atoms with Crippen LogP contribution in [0.3, 0.4) is 0 Å². The van der Waals surface area contributed by atoms with Gasteiger partial charge in [0.05, 0.1) is 6.61 Å². The third kappa shape index (κ3) is 5.48. The Kier molecular flexibility index (Phi) is 8.64. The lowest BCUT2D eigenvalue weighted by Crippen LogP contribution is -2.47. The van der Waals surface area contributed by atoms with Crippen molar-refractivity contribution >= 4 is 0 Å². The number of ether oxygens (including phenoxy) is 1. The molecule has 1 saturated carbocycles. The van der Waals surface area contributed by atoms with E-state index in [1.165, 1.54) is 32.2 Å². The average molecular weight is 381 g/mol. The highest BCUT2D eigenvalue weighted by Gasteiger charge is 2.47. The van der Waals surface area contributed by atoms with Crippen molar-refractivity contribution in [1.29, 1.82) is 0 Å². The van der Waals surface area contributed by atoms with Gasteiger partial charge in [-0.25, -0.2) is 0 Å². The second-order valence-corrected chi connectivity index (χ2v) is 10.7. The minimum absolute atomic E-state index is 0.671. The lowest BCUT2D eigenvalue weighted by atomic mass is 9.89. The lowest BCUT2D eigenvalue weighted by molar-refractivity contribution is 0.0732. The smallest absolute Gasteiger partial charge is 0.0503 e. The van der Waals surface area contributed by atoms with Crippen LogP contribution in [0.1, 0.15) is 81.1 Å². The SMILES string of the molecule is CC(C)C1C2CCC(C2)N1C(C)C.COCC1C[C@@H](C(C)C)N(C(C)C)C1. The van der Waals surface area contributed by atoms with E-state index in [0.29, 0.717) is 6.04 Å². The van der Waals surface area contributed by atoms with Gasteiger partial charge < -0.3 is 4.74 Å². The third-order valence-electron chi connectivity index (χ3n) is 7.28. The maximum absolute atomic E-state index is 5.26. The Labute approximate surface area is 170 Å². The van der Waals surface area contributed by atoms with Crippen LogP contribution in [0.2, 0.25) is 0 Å². The summed E-state index contributed by atoms with van der Waals surface area (Å²) >= 11 is 0. The molecule has 0 aromatic heterocycles. The number of hydrogen-bond acceptors (Lipinski definition) is 3. The number of fused-ring (bicyclic) bond motifs is 2. The largest absolute Gasteiger partial charge is 0.384 e. The van der Waals surface area contributed by atoms with Crippen molar-refractivity contribution in [3.8, 4) is 0 Å². The first-order valence-electron chi connectivity index (χ1n) is 11.7. The Bertz CT molecular complexity index is 398. The summed E-state index contributed by atoms with van der Waals surface area (Å²) in [5.74, 6) is 3.37. The third-order valence-corrected chi connectivity index (χ3v) is 7.28. The highest BCUT2D eigenvalue weighted by Crippen LogP contribution is 2.45. The summed E-state index contributed by atoms with van der Waals surface area (Å²) in [6.45, 7) is 20.9. The molecular weight excluding hydrogens is 332 g/mol. The van der Waals surface area contributed by atoms with Gasteiger partial charge in [-0.05, 0) is 77.0 Å². The molecule has 27 heavy (non-hydrogen) atoms. The van der Waals surface area contributed by atoms with Gasteiger partial charge in [-0.15, -0.1) is 0 Å². The molecule has 2 heterocycles. The minimum Gasteiger partial charge on any atom is -0.384 e. The van der Waals surface area contributed by atoms with Crippen LogP contribution >= 0.6 is 0 Å². The number of nitrogens with zero attached hydrogens (tertiary/aromatic N) is 2. The molecule has 3 rings (SSSR count). The number of rotatable bonds is 6. The zero-order chi connectivity index (χ0) is 20.3. The molecule has 160 valence electrons. The molecule has 1 aliphatic carbocycles. The molecule has 3 fully saturated rings. The molecule has 0 aromatic rings. The summed E-state index contributed by atoms with van der Waals surface area (Å²) in [6.07, 6.45) is 5.76. The summed E-state index contributed by atoms with van der Waals surface area (Å²) in [6, 6.07) is 4.00. The zero-order valence-corrected chi connectivity index (χ0v) is 19.7. The van der Waals surface area contributed by atoms with Crippen molar-refractivity contribution in [3.05, 3.63) is 0 Å². The van der Waals surface area contributed by atoms with Gasteiger partial charge in [0.25, 0.3) is 0 Å². The van der Waals surface area contributed by atoms with E-state index in [0.717, 1.165) is 54.4 Å². The second-order valence-electron chi connectivity index (χ2n) is 10.7. The topological polar surface area (TPSA) is 15.7 Å². The summed E-state index contributed by atoms with van der Waals surface area (Å²) in [5.41, 5.74) is 0. The van der Waals surface area contributed by atoms with Gasteiger partial charge in [0, 0.05) is 43.9 Å². The fraction of sp³-hybridized carbons (Fsp3) is 1.00. The van der Waals surface area contributed by atoms with Crippen molar-refractivity contribution in [2.24, 2.45) is 23.7 Å². The number of piperidine rings is 1. The summed E-state index contributed by atoms with van der Waals surface area (Å²) < 4.78 is 5.26. The number of likely N-dealkylation sites (tertiary alicyclic amines) is 2. The molecular formula is C24H48N2O. The van der Waals surface area contributed by atoms with E-state index in [2.05, 4.69) is 65.2 Å². The van der Waals surface area contributed by atoms with Crippen LogP contribution in [0.25, 0.3) is 0 Å². The van der Waals surface area contributed by atoms with Crippen LogP contribution < -0.4 is 0 Å². The Morgan fingerprint density at radius 2 is 1.52 bits per heavy atom. The van der Waals surface area contributed by atoms with Crippen LogP contribution in [0.15, 0.2) is 0 Å². The van der Waals surface area contributed by atoms with Gasteiger partial charge >= 0.3 is 0 Å². The predicted octanol–water partition coefficient (Wildman–Crippen LogP) is 5.29. The fourth-order valence-corrected chi connectivity index (χ4v) is 6.30. The van der Waals surface area contributed by atoms with Crippen molar-refractivity contribution in [2.75, 3.05) is 20.3 Å². The molecule has 0 amide bonds. The Morgan fingerprint density at radius 3 is 1.93 bits per heavy atom. The van der Waals surface area contributed by atoms with Gasteiger partial charge in [0.1, 0.15) is 0 Å². The molecule has 0 aromatic carbocycles. The van der Waals surface area contributed by atoms with E-state index in [4.69, 9.17) is 4.74 Å². The van der Waals surface area contributed by atoms with Gasteiger partial charge in [0.2, 0.25) is 0 Å². The Balaban J connectivity index is 0.000000194. The van der Waals surface area contributed by atoms with Gasteiger partial charge in [-0.3, -0.25) is 9.80 Å². The second kappa shape index (κ2) is 10.1. The van der Waals surface area contributed by atoms with Crippen LogP contribution in [0.4, 0.5) is 0 Å². The minimum atomic E-state index is 0.671. The van der Waals surface area contributed by atoms with Crippen molar-refractivity contribution in [3.63, 3.8) is 0 Å². The molecule has 3 nitrogen and oxygen atoms in total. The summed E-state index contributed by atoms with van der Waals surface area (Å²) in [4.78, 5) is 5.42. The summed E-state index contributed by atoms with van der Waals surface area (Å²) in [5, 5.41) is 0. The van der Waals surface area contributed by atoms with E-state index in [1.807, 2.05) is 7.11 Å². The van der Waals surface area contributed by atoms with Crippen molar-refractivity contribution in [1.82, 2.24) is 9.80 Å². The zero-order valence-electron chi connectivity index (χ0n) is 19.7. The van der Waals surface area contributed by atoms with E-state index in [1.54, 1.807) is 0 Å². The van der Waals surface area contributed by atoms with Crippen LogP contribution in [0, 0.1) is 23.7 Å². The van der Waals surface area contributed by atoms with E-state index < -0.39 is 0 Å². The maximum Gasteiger partial charge on any atom is 0.0503 e. The van der Waals surface area contributed by atoms with Gasteiger partial charge in [-0.2, -0.15) is 0 Å². The fourth-order valence-electron chi connectivity index (χ4n) is 6.30. The first kappa shape index (κ1) is 23.2. The highest BCUT2D eigenvalue weighted by molar-refractivity contribution is 5.01. The van der Waals surface area contributed by atoms with Crippen molar-refractivity contribution in [2.45, 2.75) is 111 Å². The average Bonchev–Trinajstić information content (AvgIpc) is 3.28. The maximum atomic E-state index is 5.26. The standard InChI is InChI=1S/C12H25NO.C12H23N/c1-9(2)12-6-11(8-14-5)7-13(12)10(3)4;1-8(2)12-10-5-6-11(7-10)13(12)9(3)4/h9-12H,6-8H2,1-5H3;8-12H,5-7H2,1-4H3/t11?,12-;/m0./s1. The molecule has 4 unspecified atom stereocenters. The molecule has 3 aliphatic rings. The first-order valence-corrected chi connectivity index (χ1v) is 11.7. The van der Waals surface area contributed by atoms with E-state index in [-0.39, 0.29) is 0 Å². The monoisotopic (exact) mass is 380 g/mol. The molecule has 0 spiro atoms. The molecule has 2 bridgehead atoms. The molecule has 5 atom stereocenters. The van der Waals surface area contributed by atoms with Crippen molar-refractivity contribution < 1.29 is 4.74 Å². The molecule has 2 aliphatic heterocycles. The molecule has 2 saturated heterocycles. The summed E-state index contributed by atoms with van der Waals surface area (Å²) in [7, 11) is 1.81. The Morgan fingerprint density at radius 1 is 0.852 bits per heavy atom. The molecule has 0 N–H and O–H groups in total. The van der Waals surface area contributed by atoms with E-state index in [9.17, 15) is 0 Å². The Hall–Kier alpha value is -0.120. The van der Waals surface area contributed by atoms with E-state index >= 15 is 0 Å². The van der Waals surface area contributed by atoms with Gasteiger partial charge in [0.15, 0.2) is 0 Å². The normalized spacial score (nSPS) is 34.3. The first-order chi connectivity index (χ1) is 12.7. The number of hydrogen-bond donors (Lipinski definition) is 0.